The van der Waals surface area contributed by atoms with Crippen LogP contribution in [-0.4, -0.2) is 26.1 Å². The molecule has 2 aromatic carbocycles. The van der Waals surface area contributed by atoms with E-state index in [1.54, 1.807) is 19.9 Å². The van der Waals surface area contributed by atoms with Gasteiger partial charge in [-0.15, -0.1) is 0 Å². The van der Waals surface area contributed by atoms with Crippen molar-refractivity contribution in [2.24, 2.45) is 0 Å². The molecule has 0 bridgehead atoms. The van der Waals surface area contributed by atoms with E-state index in [1.807, 2.05) is 0 Å². The maximum Gasteiger partial charge on any atom is 0.341 e. The number of sulfonamides is 1. The van der Waals surface area contributed by atoms with Crippen LogP contribution in [0.3, 0.4) is 0 Å². The van der Waals surface area contributed by atoms with Crippen LogP contribution < -0.4 is 9.46 Å². The monoisotopic (exact) mass is 403 g/mol. The maximum absolute atomic E-state index is 12.7. The summed E-state index contributed by atoms with van der Waals surface area (Å²) in [5.41, 5.74) is 1.11. The minimum Gasteiger partial charge on any atom is -0.481 e. The zero-order chi connectivity index (χ0) is 18.8. The number of benzene rings is 2. The number of hydrogen-bond acceptors (Lipinski definition) is 4. The molecule has 0 spiro atoms. The second kappa shape index (κ2) is 7.51. The first-order valence-corrected chi connectivity index (χ1v) is 9.28. The van der Waals surface area contributed by atoms with Crippen molar-refractivity contribution in [1.29, 1.82) is 0 Å². The van der Waals surface area contributed by atoms with Gasteiger partial charge in [0.05, 0.1) is 15.6 Å². The summed E-state index contributed by atoms with van der Waals surface area (Å²) >= 11 is 11.8. The molecular weight excluding hydrogens is 389 g/mol. The number of rotatable bonds is 6. The van der Waals surface area contributed by atoms with Crippen molar-refractivity contribution in [3.05, 3.63) is 51.5 Å². The maximum atomic E-state index is 12.7. The summed E-state index contributed by atoms with van der Waals surface area (Å²) in [6.45, 7) is 2.67. The van der Waals surface area contributed by atoms with E-state index in [0.717, 1.165) is 0 Å². The molecule has 6 nitrogen and oxygen atoms in total. The Bertz CT molecular complexity index is 928. The molecule has 2 aromatic rings. The lowest BCUT2D eigenvalue weighted by Gasteiger charge is -2.16. The number of anilines is 1. The van der Waals surface area contributed by atoms with Gasteiger partial charge in [0.15, 0.2) is 6.61 Å². The van der Waals surface area contributed by atoms with Gasteiger partial charge in [0, 0.05) is 10.6 Å². The van der Waals surface area contributed by atoms with Gasteiger partial charge in [-0.1, -0.05) is 29.3 Å². The molecule has 0 unspecified atom stereocenters. The molecule has 2 rings (SSSR count). The number of aryl methyl sites for hydroxylation is 1. The van der Waals surface area contributed by atoms with Gasteiger partial charge >= 0.3 is 5.97 Å². The van der Waals surface area contributed by atoms with Crippen molar-refractivity contribution in [2.75, 3.05) is 11.3 Å². The molecule has 0 atom stereocenters. The molecule has 0 amide bonds. The number of halogens is 2. The number of carboxylic acids is 1. The summed E-state index contributed by atoms with van der Waals surface area (Å²) in [4.78, 5) is 10.7. The van der Waals surface area contributed by atoms with E-state index >= 15 is 0 Å². The topological polar surface area (TPSA) is 92.7 Å². The highest BCUT2D eigenvalue weighted by atomic mass is 35.5. The predicted molar refractivity (Wildman–Crippen MR) is 96.3 cm³/mol. The van der Waals surface area contributed by atoms with Crippen LogP contribution in [0.4, 0.5) is 5.69 Å². The Balaban J connectivity index is 2.42. The first kappa shape index (κ1) is 19.4. The third kappa shape index (κ3) is 4.56. The van der Waals surface area contributed by atoms with Crippen LogP contribution in [0, 0.1) is 13.8 Å². The zero-order valence-corrected chi connectivity index (χ0v) is 15.7. The van der Waals surface area contributed by atoms with Gasteiger partial charge in [-0.25, -0.2) is 13.2 Å². The average molecular weight is 404 g/mol. The molecule has 134 valence electrons. The Morgan fingerprint density at radius 1 is 1.20 bits per heavy atom. The van der Waals surface area contributed by atoms with E-state index < -0.39 is 22.6 Å². The van der Waals surface area contributed by atoms with E-state index in [-0.39, 0.29) is 21.4 Å². The molecule has 0 aliphatic rings. The van der Waals surface area contributed by atoms with E-state index in [1.165, 1.54) is 24.3 Å². The number of aliphatic carboxylic acids is 1. The molecule has 9 heteroatoms. The van der Waals surface area contributed by atoms with Gasteiger partial charge in [-0.3, -0.25) is 4.72 Å². The quantitative estimate of drug-likeness (QED) is 0.763. The standard InChI is InChI=1S/C16H15Cl2NO5S/c1-9-3-6-14(10(2)16(9)24-8-15(20)21)25(22,23)19-13-5-4-11(17)7-12(13)18/h3-7,19H,8H2,1-2H3,(H,20,21). The summed E-state index contributed by atoms with van der Waals surface area (Å²) < 4.78 is 33.0. The third-order valence-corrected chi connectivity index (χ3v) is 5.42. The Morgan fingerprint density at radius 3 is 2.48 bits per heavy atom. The van der Waals surface area contributed by atoms with E-state index in [2.05, 4.69) is 4.72 Å². The van der Waals surface area contributed by atoms with Crippen LogP contribution in [0.15, 0.2) is 35.2 Å². The summed E-state index contributed by atoms with van der Waals surface area (Å²) in [6.07, 6.45) is 0. The van der Waals surface area contributed by atoms with Crippen molar-refractivity contribution >= 4 is 44.9 Å². The Hall–Kier alpha value is -1.96. The molecule has 0 saturated heterocycles. The molecule has 0 radical (unpaired) electrons. The highest BCUT2D eigenvalue weighted by Gasteiger charge is 2.22. The predicted octanol–water partition coefficient (Wildman–Crippen LogP) is 3.87. The summed E-state index contributed by atoms with van der Waals surface area (Å²) in [6, 6.07) is 7.35. The van der Waals surface area contributed by atoms with Gasteiger partial charge in [0.25, 0.3) is 10.0 Å². The average Bonchev–Trinajstić information content (AvgIpc) is 2.49. The van der Waals surface area contributed by atoms with Crippen molar-refractivity contribution in [3.8, 4) is 5.75 Å². The van der Waals surface area contributed by atoms with Gasteiger partial charge in [0.1, 0.15) is 5.75 Å². The van der Waals surface area contributed by atoms with Crippen molar-refractivity contribution in [1.82, 2.24) is 0 Å². The lowest BCUT2D eigenvalue weighted by atomic mass is 10.1. The normalized spacial score (nSPS) is 11.2. The van der Waals surface area contributed by atoms with Crippen LogP contribution >= 0.6 is 23.2 Å². The van der Waals surface area contributed by atoms with Crippen LogP contribution in [0.1, 0.15) is 11.1 Å². The zero-order valence-electron chi connectivity index (χ0n) is 13.3. The van der Waals surface area contributed by atoms with Gasteiger partial charge in [-0.05, 0) is 43.7 Å². The third-order valence-electron chi connectivity index (χ3n) is 3.36. The van der Waals surface area contributed by atoms with E-state index in [4.69, 9.17) is 33.0 Å². The molecule has 25 heavy (non-hydrogen) atoms. The Kier molecular flexibility index (Phi) is 5.82. The Labute approximate surface area is 155 Å². The summed E-state index contributed by atoms with van der Waals surface area (Å²) in [7, 11) is -3.96. The van der Waals surface area contributed by atoms with Crippen LogP contribution in [0.5, 0.6) is 5.75 Å². The van der Waals surface area contributed by atoms with Gasteiger partial charge in [-0.2, -0.15) is 0 Å². The summed E-state index contributed by atoms with van der Waals surface area (Å²) in [5.74, 6) is -0.939. The second-order valence-corrected chi connectivity index (χ2v) is 7.74. The molecule has 0 fully saturated rings. The SMILES string of the molecule is Cc1ccc(S(=O)(=O)Nc2ccc(Cl)cc2Cl)c(C)c1OCC(=O)O. The fourth-order valence-electron chi connectivity index (χ4n) is 2.23. The number of hydrogen-bond donors (Lipinski definition) is 2. The fourth-order valence-corrected chi connectivity index (χ4v) is 4.06. The largest absolute Gasteiger partial charge is 0.481 e. The lowest BCUT2D eigenvalue weighted by molar-refractivity contribution is -0.139. The highest BCUT2D eigenvalue weighted by Crippen LogP contribution is 2.32. The lowest BCUT2D eigenvalue weighted by Crippen LogP contribution is -2.16. The van der Waals surface area contributed by atoms with Gasteiger partial charge < -0.3 is 9.84 Å². The minimum absolute atomic E-state index is 0.0375. The van der Waals surface area contributed by atoms with Crippen molar-refractivity contribution in [2.45, 2.75) is 18.7 Å². The van der Waals surface area contributed by atoms with Crippen LogP contribution in [0.2, 0.25) is 10.0 Å². The molecule has 2 N–H and O–H groups in total. The highest BCUT2D eigenvalue weighted by molar-refractivity contribution is 7.92. The molecule has 0 heterocycles. The first-order chi connectivity index (χ1) is 11.6. The number of ether oxygens (including phenoxy) is 1. The number of nitrogens with one attached hydrogen (secondary N) is 1. The van der Waals surface area contributed by atoms with Gasteiger partial charge in [0.2, 0.25) is 0 Å². The number of carbonyl (C=O) groups is 1. The minimum atomic E-state index is -3.96. The smallest absolute Gasteiger partial charge is 0.341 e. The van der Waals surface area contributed by atoms with Crippen molar-refractivity contribution in [3.63, 3.8) is 0 Å². The molecule has 0 saturated carbocycles. The second-order valence-electron chi connectivity index (χ2n) is 5.25. The number of carboxylic acid groups (broad SMARTS) is 1. The van der Waals surface area contributed by atoms with E-state index in [0.29, 0.717) is 16.1 Å². The Morgan fingerprint density at radius 2 is 1.88 bits per heavy atom. The van der Waals surface area contributed by atoms with Crippen LogP contribution in [0.25, 0.3) is 0 Å². The summed E-state index contributed by atoms with van der Waals surface area (Å²) in [5, 5.41) is 9.29. The molecule has 0 aromatic heterocycles. The van der Waals surface area contributed by atoms with E-state index in [9.17, 15) is 13.2 Å². The molecule has 0 aliphatic heterocycles. The van der Waals surface area contributed by atoms with Crippen molar-refractivity contribution < 1.29 is 23.1 Å². The first-order valence-electron chi connectivity index (χ1n) is 7.04. The molecule has 0 aliphatic carbocycles. The molecular formula is C16H15Cl2NO5S. The fraction of sp³-hybridized carbons (Fsp3) is 0.188. The van der Waals surface area contributed by atoms with Crippen LogP contribution in [-0.2, 0) is 14.8 Å².